The molecule has 6 nitrogen and oxygen atoms in total. The van der Waals surface area contributed by atoms with Gasteiger partial charge in [-0.05, 0) is 36.4 Å². The summed E-state index contributed by atoms with van der Waals surface area (Å²) in [4.78, 5) is 17.6. The molecule has 1 N–H and O–H groups in total. The van der Waals surface area contributed by atoms with Crippen LogP contribution in [-0.2, 0) is 10.9 Å². The first kappa shape index (κ1) is 19.9. The van der Waals surface area contributed by atoms with Crippen molar-refractivity contribution in [1.29, 1.82) is 0 Å². The smallest absolute Gasteiger partial charge is 0.416 e. The van der Waals surface area contributed by atoms with Crippen LogP contribution in [0.1, 0.15) is 22.3 Å². The van der Waals surface area contributed by atoms with Gasteiger partial charge in [-0.15, -0.1) is 0 Å². The molecule has 1 aromatic heterocycles. The summed E-state index contributed by atoms with van der Waals surface area (Å²) in [5.41, 5.74) is -0.431. The Balaban J connectivity index is 1.68. The Morgan fingerprint density at radius 1 is 1.25 bits per heavy atom. The summed E-state index contributed by atoms with van der Waals surface area (Å²) in [6.07, 6.45) is -2.85. The van der Waals surface area contributed by atoms with E-state index in [1.807, 2.05) is 4.90 Å². The van der Waals surface area contributed by atoms with Crippen molar-refractivity contribution in [3.05, 3.63) is 53.7 Å². The molecule has 0 amide bonds. The van der Waals surface area contributed by atoms with Gasteiger partial charge in [-0.2, -0.15) is 13.2 Å². The number of carbonyl (C=O) groups is 1. The Morgan fingerprint density at radius 3 is 2.50 bits per heavy atom. The molecule has 1 saturated heterocycles. The second-order valence-electron chi connectivity index (χ2n) is 6.38. The highest BCUT2D eigenvalue weighted by Crippen LogP contribution is 2.32. The zero-order valence-electron chi connectivity index (χ0n) is 15.0. The molecule has 1 aromatic carbocycles. The van der Waals surface area contributed by atoms with E-state index in [0.717, 1.165) is 12.1 Å². The third-order valence-corrected chi connectivity index (χ3v) is 4.53. The molecule has 1 aliphatic heterocycles. The van der Waals surface area contributed by atoms with Crippen molar-refractivity contribution < 1.29 is 32.5 Å². The first-order valence-corrected chi connectivity index (χ1v) is 8.57. The quantitative estimate of drug-likeness (QED) is 0.784. The zero-order chi connectivity index (χ0) is 20.3. The summed E-state index contributed by atoms with van der Waals surface area (Å²) < 4.78 is 48.4. The molecule has 0 spiro atoms. The van der Waals surface area contributed by atoms with Crippen molar-refractivity contribution >= 4 is 11.8 Å². The minimum Gasteiger partial charge on any atom is -0.489 e. The Morgan fingerprint density at radius 2 is 1.96 bits per heavy atom. The number of pyridine rings is 1. The largest absolute Gasteiger partial charge is 0.489 e. The van der Waals surface area contributed by atoms with E-state index < -0.39 is 17.7 Å². The van der Waals surface area contributed by atoms with Crippen LogP contribution in [-0.4, -0.2) is 48.5 Å². The van der Waals surface area contributed by atoms with E-state index in [4.69, 9.17) is 4.74 Å². The number of anilines is 1. The zero-order valence-corrected chi connectivity index (χ0v) is 15.0. The van der Waals surface area contributed by atoms with Gasteiger partial charge in [-0.25, -0.2) is 9.78 Å². The number of hydrogen-bond donors (Lipinski definition) is 1. The number of ether oxygens (including phenoxy) is 2. The van der Waals surface area contributed by atoms with Crippen molar-refractivity contribution in [3.63, 3.8) is 0 Å². The molecule has 9 heteroatoms. The van der Waals surface area contributed by atoms with E-state index in [9.17, 15) is 23.1 Å². The summed E-state index contributed by atoms with van der Waals surface area (Å²) in [6.45, 7) is 0.268. The van der Waals surface area contributed by atoms with Crippen molar-refractivity contribution in [1.82, 2.24) is 4.98 Å². The maximum Gasteiger partial charge on any atom is 0.416 e. The van der Waals surface area contributed by atoms with Crippen LogP contribution >= 0.6 is 0 Å². The van der Waals surface area contributed by atoms with Crippen LogP contribution in [0.3, 0.4) is 0 Å². The number of carbonyl (C=O) groups excluding carboxylic acids is 1. The minimum absolute atomic E-state index is 0.132. The van der Waals surface area contributed by atoms with E-state index >= 15 is 0 Å². The van der Waals surface area contributed by atoms with Gasteiger partial charge in [0.1, 0.15) is 17.7 Å². The summed E-state index contributed by atoms with van der Waals surface area (Å²) in [7, 11) is 1.28. The van der Waals surface area contributed by atoms with Gasteiger partial charge in [0, 0.05) is 12.6 Å². The third-order valence-electron chi connectivity index (χ3n) is 4.53. The highest BCUT2D eigenvalue weighted by atomic mass is 19.4. The lowest BCUT2D eigenvalue weighted by atomic mass is 10.2. The van der Waals surface area contributed by atoms with Crippen LogP contribution in [0, 0.1) is 0 Å². The summed E-state index contributed by atoms with van der Waals surface area (Å²) in [5, 5.41) is 9.66. The Bertz CT molecular complexity index is 809. The molecule has 2 aromatic rings. The van der Waals surface area contributed by atoms with Gasteiger partial charge >= 0.3 is 12.1 Å². The highest BCUT2D eigenvalue weighted by Gasteiger charge is 2.34. The van der Waals surface area contributed by atoms with Crippen LogP contribution < -0.4 is 9.64 Å². The lowest BCUT2D eigenvalue weighted by Crippen LogP contribution is -2.33. The molecule has 2 heterocycles. The molecule has 1 aliphatic rings. The van der Waals surface area contributed by atoms with Crippen LogP contribution in [0.5, 0.6) is 5.75 Å². The average molecular weight is 396 g/mol. The number of aliphatic hydroxyl groups excluding tert-OH is 1. The molecule has 0 bridgehead atoms. The van der Waals surface area contributed by atoms with Crippen LogP contribution in [0.15, 0.2) is 42.6 Å². The molecule has 0 unspecified atom stereocenters. The van der Waals surface area contributed by atoms with Gasteiger partial charge in [0.15, 0.2) is 0 Å². The standard InChI is InChI=1S/C19H19F3N2O4/c1-27-18(26)12-2-7-17(23-9-12)24-10-16(8-14(24)11-25)28-15-5-3-13(4-6-15)19(20,21)22/h2-7,9,14,16,25H,8,10-11H2,1H3/t14-,16-/m0/s1. The molecule has 0 saturated carbocycles. The normalized spacial score (nSPS) is 19.5. The number of nitrogens with zero attached hydrogens (tertiary/aromatic N) is 2. The first-order valence-electron chi connectivity index (χ1n) is 8.57. The lowest BCUT2D eigenvalue weighted by Gasteiger charge is -2.23. The van der Waals surface area contributed by atoms with E-state index in [1.54, 1.807) is 12.1 Å². The maximum absolute atomic E-state index is 12.7. The molecule has 2 atom stereocenters. The minimum atomic E-state index is -4.40. The second kappa shape index (κ2) is 8.05. The molecule has 150 valence electrons. The fraction of sp³-hybridized carbons (Fsp3) is 0.368. The predicted molar refractivity (Wildman–Crippen MR) is 94.3 cm³/mol. The number of aromatic nitrogens is 1. The maximum atomic E-state index is 12.7. The Hall–Kier alpha value is -2.81. The number of alkyl halides is 3. The van der Waals surface area contributed by atoms with E-state index in [-0.39, 0.29) is 18.8 Å². The third kappa shape index (κ3) is 4.36. The van der Waals surface area contributed by atoms with Gasteiger partial charge in [0.25, 0.3) is 0 Å². The lowest BCUT2D eigenvalue weighted by molar-refractivity contribution is -0.137. The fourth-order valence-corrected chi connectivity index (χ4v) is 3.12. The van der Waals surface area contributed by atoms with Crippen LogP contribution in [0.25, 0.3) is 0 Å². The van der Waals surface area contributed by atoms with Crippen LogP contribution in [0.2, 0.25) is 0 Å². The van der Waals surface area contributed by atoms with Crippen molar-refractivity contribution in [2.75, 3.05) is 25.2 Å². The Labute approximate surface area is 159 Å². The average Bonchev–Trinajstić information content (AvgIpc) is 3.10. The molecule has 0 aliphatic carbocycles. The second-order valence-corrected chi connectivity index (χ2v) is 6.38. The summed E-state index contributed by atoms with van der Waals surface area (Å²) in [5.74, 6) is 0.387. The van der Waals surface area contributed by atoms with Gasteiger partial charge in [0.05, 0.1) is 37.4 Å². The molecular formula is C19H19F3N2O4. The van der Waals surface area contributed by atoms with Crippen molar-refractivity contribution in [3.8, 4) is 5.75 Å². The van der Waals surface area contributed by atoms with Crippen LogP contribution in [0.4, 0.5) is 19.0 Å². The van der Waals surface area contributed by atoms with Crippen molar-refractivity contribution in [2.24, 2.45) is 0 Å². The number of aliphatic hydroxyl groups is 1. The number of esters is 1. The number of hydrogen-bond acceptors (Lipinski definition) is 6. The summed E-state index contributed by atoms with van der Waals surface area (Å²) >= 11 is 0. The van der Waals surface area contributed by atoms with Gasteiger partial charge in [-0.3, -0.25) is 0 Å². The molecule has 3 rings (SSSR count). The predicted octanol–water partition coefficient (Wildman–Crippen LogP) is 2.91. The monoisotopic (exact) mass is 396 g/mol. The van der Waals surface area contributed by atoms with E-state index in [2.05, 4.69) is 9.72 Å². The SMILES string of the molecule is COC(=O)c1ccc(N2C[C@@H](Oc3ccc(C(F)(F)F)cc3)C[C@H]2CO)nc1. The van der Waals surface area contributed by atoms with Gasteiger partial charge < -0.3 is 19.5 Å². The topological polar surface area (TPSA) is 71.9 Å². The first-order chi connectivity index (χ1) is 13.3. The number of rotatable bonds is 5. The van der Waals surface area contributed by atoms with E-state index in [0.29, 0.717) is 30.1 Å². The van der Waals surface area contributed by atoms with Gasteiger partial charge in [-0.1, -0.05) is 0 Å². The van der Waals surface area contributed by atoms with Gasteiger partial charge in [0.2, 0.25) is 0 Å². The molecule has 0 radical (unpaired) electrons. The fourth-order valence-electron chi connectivity index (χ4n) is 3.12. The number of halogens is 3. The van der Waals surface area contributed by atoms with E-state index in [1.165, 1.54) is 25.4 Å². The highest BCUT2D eigenvalue weighted by molar-refractivity contribution is 5.89. The number of benzene rings is 1. The molecular weight excluding hydrogens is 377 g/mol. The van der Waals surface area contributed by atoms with Crippen molar-refractivity contribution in [2.45, 2.75) is 24.7 Å². The number of methoxy groups -OCH3 is 1. The molecule has 28 heavy (non-hydrogen) atoms. The Kier molecular flexibility index (Phi) is 5.73. The molecule has 1 fully saturated rings. The summed E-state index contributed by atoms with van der Waals surface area (Å²) in [6, 6.07) is 7.47.